The van der Waals surface area contributed by atoms with E-state index in [-0.39, 0.29) is 5.78 Å². The van der Waals surface area contributed by atoms with Crippen LogP contribution in [0.4, 0.5) is 0 Å². The van der Waals surface area contributed by atoms with Crippen LogP contribution in [0.3, 0.4) is 0 Å². The lowest BCUT2D eigenvalue weighted by Gasteiger charge is -2.09. The molecule has 0 saturated carbocycles. The summed E-state index contributed by atoms with van der Waals surface area (Å²) in [7, 11) is 0. The van der Waals surface area contributed by atoms with E-state index in [0.29, 0.717) is 22.9 Å². The summed E-state index contributed by atoms with van der Waals surface area (Å²) in [6.45, 7) is 2.07. The minimum atomic E-state index is -0.0383. The second-order valence-corrected chi connectivity index (χ2v) is 5.34. The molecule has 2 rings (SSSR count). The Labute approximate surface area is 115 Å². The lowest BCUT2D eigenvalue weighted by atomic mass is 10.1. The smallest absolute Gasteiger partial charge is 0.163 e. The maximum atomic E-state index is 11.5. The van der Waals surface area contributed by atoms with Crippen molar-refractivity contribution in [1.29, 1.82) is 0 Å². The lowest BCUT2D eigenvalue weighted by Crippen LogP contribution is -2.04. The zero-order valence-electron chi connectivity index (χ0n) is 9.98. The third-order valence-electron chi connectivity index (χ3n) is 2.51. The predicted molar refractivity (Wildman–Crippen MR) is 75.0 cm³/mol. The maximum absolute atomic E-state index is 11.5. The van der Waals surface area contributed by atoms with Crippen LogP contribution in [0.5, 0.6) is 5.75 Å². The van der Waals surface area contributed by atoms with E-state index in [1.807, 2.05) is 11.4 Å². The van der Waals surface area contributed by atoms with Crippen LogP contribution in [0.1, 0.15) is 22.2 Å². The Balaban J connectivity index is 2.02. The summed E-state index contributed by atoms with van der Waals surface area (Å²) in [6.07, 6.45) is 0.845. The first-order chi connectivity index (χ1) is 8.66. The van der Waals surface area contributed by atoms with Gasteiger partial charge in [-0.1, -0.05) is 17.7 Å². The number of ketones is 1. The minimum Gasteiger partial charge on any atom is -0.492 e. The molecule has 18 heavy (non-hydrogen) atoms. The highest BCUT2D eigenvalue weighted by Crippen LogP contribution is 2.23. The van der Waals surface area contributed by atoms with Crippen LogP contribution in [0.2, 0.25) is 5.02 Å². The Morgan fingerprint density at radius 2 is 2.22 bits per heavy atom. The van der Waals surface area contributed by atoms with E-state index >= 15 is 0 Å². The van der Waals surface area contributed by atoms with E-state index < -0.39 is 0 Å². The summed E-state index contributed by atoms with van der Waals surface area (Å²) in [6, 6.07) is 9.21. The molecule has 0 unspecified atom stereocenters. The molecule has 94 valence electrons. The molecule has 0 aliphatic carbocycles. The van der Waals surface area contributed by atoms with Crippen LogP contribution < -0.4 is 4.74 Å². The second kappa shape index (κ2) is 6.03. The SMILES string of the molecule is CC(=O)c1cc(Cl)ccc1OCCc1cccs1. The van der Waals surface area contributed by atoms with E-state index in [9.17, 15) is 4.79 Å². The fraction of sp³-hybridized carbons (Fsp3) is 0.214. The highest BCUT2D eigenvalue weighted by Gasteiger charge is 2.09. The molecule has 0 N–H and O–H groups in total. The van der Waals surface area contributed by atoms with Crippen LogP contribution in [-0.2, 0) is 6.42 Å². The molecule has 2 aromatic rings. The molecule has 0 bridgehead atoms. The minimum absolute atomic E-state index is 0.0383. The second-order valence-electron chi connectivity index (χ2n) is 3.87. The Morgan fingerprint density at radius 1 is 1.39 bits per heavy atom. The molecule has 0 aliphatic rings. The Kier molecular flexibility index (Phi) is 4.39. The normalized spacial score (nSPS) is 10.3. The van der Waals surface area contributed by atoms with Crippen molar-refractivity contribution < 1.29 is 9.53 Å². The van der Waals surface area contributed by atoms with Crippen molar-refractivity contribution in [2.75, 3.05) is 6.61 Å². The molecular weight excluding hydrogens is 268 g/mol. The van der Waals surface area contributed by atoms with Crippen molar-refractivity contribution in [3.8, 4) is 5.75 Å². The summed E-state index contributed by atoms with van der Waals surface area (Å²) in [5, 5.41) is 2.59. The molecule has 1 heterocycles. The van der Waals surface area contributed by atoms with Crippen LogP contribution in [-0.4, -0.2) is 12.4 Å². The van der Waals surface area contributed by atoms with Gasteiger partial charge >= 0.3 is 0 Å². The molecule has 0 radical (unpaired) electrons. The first-order valence-corrected chi connectivity index (χ1v) is 6.88. The van der Waals surface area contributed by atoms with Gasteiger partial charge in [0.15, 0.2) is 5.78 Å². The van der Waals surface area contributed by atoms with Gasteiger partial charge < -0.3 is 4.74 Å². The van der Waals surface area contributed by atoms with Crippen molar-refractivity contribution in [2.24, 2.45) is 0 Å². The summed E-state index contributed by atoms with van der Waals surface area (Å²) >= 11 is 7.57. The summed E-state index contributed by atoms with van der Waals surface area (Å²) in [4.78, 5) is 12.7. The van der Waals surface area contributed by atoms with E-state index in [0.717, 1.165) is 6.42 Å². The standard InChI is InChI=1S/C14H13ClO2S/c1-10(16)13-9-11(15)4-5-14(13)17-7-6-12-3-2-8-18-12/h2-5,8-9H,6-7H2,1H3. The number of benzene rings is 1. The van der Waals surface area contributed by atoms with Gasteiger partial charge in [0.1, 0.15) is 5.75 Å². The topological polar surface area (TPSA) is 26.3 Å². The molecule has 4 heteroatoms. The first kappa shape index (κ1) is 13.1. The molecule has 0 aliphatic heterocycles. The van der Waals surface area contributed by atoms with E-state index in [4.69, 9.17) is 16.3 Å². The summed E-state index contributed by atoms with van der Waals surface area (Å²) in [5.41, 5.74) is 0.536. The fourth-order valence-corrected chi connectivity index (χ4v) is 2.48. The van der Waals surface area contributed by atoms with E-state index in [2.05, 4.69) is 6.07 Å². The van der Waals surface area contributed by atoms with Crippen LogP contribution in [0.15, 0.2) is 35.7 Å². The molecule has 0 spiro atoms. The highest BCUT2D eigenvalue weighted by atomic mass is 35.5. The number of Topliss-reactive ketones (excluding diaryl/α,β-unsaturated/α-hetero) is 1. The van der Waals surface area contributed by atoms with E-state index in [1.54, 1.807) is 29.5 Å². The van der Waals surface area contributed by atoms with Gasteiger partial charge in [-0.25, -0.2) is 0 Å². The quantitative estimate of drug-likeness (QED) is 0.766. The van der Waals surface area contributed by atoms with Gasteiger partial charge in [0, 0.05) is 16.3 Å². The molecular formula is C14H13ClO2S. The van der Waals surface area contributed by atoms with Crippen molar-refractivity contribution in [3.05, 3.63) is 51.2 Å². The largest absolute Gasteiger partial charge is 0.492 e. The zero-order chi connectivity index (χ0) is 13.0. The van der Waals surface area contributed by atoms with Gasteiger partial charge in [0.2, 0.25) is 0 Å². The third-order valence-corrected chi connectivity index (χ3v) is 3.68. The molecule has 0 atom stereocenters. The van der Waals surface area contributed by atoms with Crippen LogP contribution in [0.25, 0.3) is 0 Å². The van der Waals surface area contributed by atoms with Crippen LogP contribution in [0, 0.1) is 0 Å². The molecule has 2 nitrogen and oxygen atoms in total. The monoisotopic (exact) mass is 280 g/mol. The number of thiophene rings is 1. The number of halogens is 1. The first-order valence-electron chi connectivity index (χ1n) is 5.62. The van der Waals surface area contributed by atoms with E-state index in [1.165, 1.54) is 11.8 Å². The van der Waals surface area contributed by atoms with Crippen molar-refractivity contribution in [3.63, 3.8) is 0 Å². The lowest BCUT2D eigenvalue weighted by molar-refractivity contribution is 0.101. The number of carbonyl (C=O) groups excluding carboxylic acids is 1. The maximum Gasteiger partial charge on any atom is 0.163 e. The van der Waals surface area contributed by atoms with Crippen LogP contribution >= 0.6 is 22.9 Å². The summed E-state index contributed by atoms with van der Waals surface area (Å²) < 4.78 is 5.65. The van der Waals surface area contributed by atoms with Gasteiger partial charge in [-0.2, -0.15) is 0 Å². The Morgan fingerprint density at radius 3 is 2.89 bits per heavy atom. The Hall–Kier alpha value is -1.32. The van der Waals surface area contributed by atoms with Gasteiger partial charge in [-0.15, -0.1) is 11.3 Å². The number of carbonyl (C=O) groups is 1. The average molecular weight is 281 g/mol. The fourth-order valence-electron chi connectivity index (χ4n) is 1.62. The number of ether oxygens (including phenoxy) is 1. The number of rotatable bonds is 5. The molecule has 1 aromatic heterocycles. The van der Waals surface area contributed by atoms with Gasteiger partial charge in [0.05, 0.1) is 12.2 Å². The Bertz CT molecular complexity index is 535. The molecule has 0 fully saturated rings. The van der Waals surface area contributed by atoms with Gasteiger partial charge in [-0.3, -0.25) is 4.79 Å². The summed E-state index contributed by atoms with van der Waals surface area (Å²) in [5.74, 6) is 0.562. The molecule has 0 amide bonds. The highest BCUT2D eigenvalue weighted by molar-refractivity contribution is 7.09. The van der Waals surface area contributed by atoms with Crippen molar-refractivity contribution >= 4 is 28.7 Å². The number of hydrogen-bond acceptors (Lipinski definition) is 3. The molecule has 1 aromatic carbocycles. The zero-order valence-corrected chi connectivity index (χ0v) is 11.6. The molecule has 0 saturated heterocycles. The average Bonchev–Trinajstić information content (AvgIpc) is 2.84. The van der Waals surface area contributed by atoms with Crippen molar-refractivity contribution in [1.82, 2.24) is 0 Å². The predicted octanol–water partition coefficient (Wildman–Crippen LogP) is 4.23. The number of hydrogen-bond donors (Lipinski definition) is 0. The van der Waals surface area contributed by atoms with Gasteiger partial charge in [0.25, 0.3) is 0 Å². The van der Waals surface area contributed by atoms with Crippen molar-refractivity contribution in [2.45, 2.75) is 13.3 Å². The third kappa shape index (κ3) is 3.34. The van der Waals surface area contributed by atoms with Gasteiger partial charge in [-0.05, 0) is 36.6 Å².